The van der Waals surface area contributed by atoms with E-state index in [1.165, 1.54) is 19.2 Å². The van der Waals surface area contributed by atoms with Crippen LogP contribution in [0.2, 0.25) is 0 Å². The summed E-state index contributed by atoms with van der Waals surface area (Å²) in [6.45, 7) is 0.106. The Hall–Kier alpha value is -2.54. The van der Waals surface area contributed by atoms with Gasteiger partial charge in [-0.3, -0.25) is 9.69 Å². The average Bonchev–Trinajstić information content (AvgIpc) is 3.46. The lowest BCUT2D eigenvalue weighted by atomic mass is 10.1. The minimum atomic E-state index is -4.41. The van der Waals surface area contributed by atoms with Crippen molar-refractivity contribution in [2.75, 3.05) is 19.0 Å². The molecule has 1 aliphatic rings. The van der Waals surface area contributed by atoms with E-state index in [9.17, 15) is 18.0 Å². The summed E-state index contributed by atoms with van der Waals surface area (Å²) in [7, 11) is 1.51. The first-order valence-electron chi connectivity index (χ1n) is 8.70. The Bertz CT molecular complexity index is 804. The van der Waals surface area contributed by atoms with Crippen molar-refractivity contribution in [1.82, 2.24) is 4.90 Å². The fourth-order valence-corrected chi connectivity index (χ4v) is 3.03. The van der Waals surface area contributed by atoms with Crippen molar-refractivity contribution in [3.05, 3.63) is 59.7 Å². The summed E-state index contributed by atoms with van der Waals surface area (Å²) in [5, 5.41) is 2.78. The molecule has 0 bridgehead atoms. The monoisotopic (exact) mass is 378 g/mol. The maximum atomic E-state index is 13.2. The second kappa shape index (κ2) is 8.00. The minimum absolute atomic E-state index is 0.0227. The van der Waals surface area contributed by atoms with Crippen molar-refractivity contribution in [3.8, 4) is 5.75 Å². The summed E-state index contributed by atoms with van der Waals surface area (Å²) in [6.07, 6.45) is -2.64. The summed E-state index contributed by atoms with van der Waals surface area (Å²) >= 11 is 0. The maximum absolute atomic E-state index is 13.2. The van der Waals surface area contributed by atoms with Gasteiger partial charge in [-0.15, -0.1) is 0 Å². The molecule has 0 heterocycles. The van der Waals surface area contributed by atoms with E-state index in [2.05, 4.69) is 5.32 Å². The van der Waals surface area contributed by atoms with E-state index in [4.69, 9.17) is 4.74 Å². The zero-order valence-corrected chi connectivity index (χ0v) is 14.9. The SMILES string of the molecule is COc1ccccc1NC(=O)CN(Cc1ccccc1C(F)(F)F)C1CC1. The number of halogens is 3. The smallest absolute Gasteiger partial charge is 0.416 e. The second-order valence-electron chi connectivity index (χ2n) is 6.54. The molecule has 2 aromatic carbocycles. The van der Waals surface area contributed by atoms with Gasteiger partial charge in [0.2, 0.25) is 5.91 Å². The van der Waals surface area contributed by atoms with Gasteiger partial charge in [-0.25, -0.2) is 0 Å². The molecule has 1 fully saturated rings. The Labute approximate surface area is 155 Å². The number of hydrogen-bond acceptors (Lipinski definition) is 3. The van der Waals surface area contributed by atoms with Gasteiger partial charge in [0, 0.05) is 12.6 Å². The van der Waals surface area contributed by atoms with E-state index in [-0.39, 0.29) is 30.6 Å². The predicted octanol–water partition coefficient (Wildman–Crippen LogP) is 4.32. The largest absolute Gasteiger partial charge is 0.495 e. The zero-order chi connectivity index (χ0) is 19.4. The van der Waals surface area contributed by atoms with Gasteiger partial charge in [-0.2, -0.15) is 13.2 Å². The molecule has 1 amide bonds. The standard InChI is InChI=1S/C20H21F3N2O2/c1-27-18-9-5-4-8-17(18)24-19(26)13-25(15-10-11-15)12-14-6-2-3-7-16(14)20(21,22)23/h2-9,15H,10-13H2,1H3,(H,24,26). The molecule has 0 spiro atoms. The number of amides is 1. The van der Waals surface area contributed by atoms with Crippen LogP contribution in [0.3, 0.4) is 0 Å². The third kappa shape index (κ3) is 5.01. The summed E-state index contributed by atoms with van der Waals surface area (Å²) in [5.41, 5.74) is 0.0687. The highest BCUT2D eigenvalue weighted by molar-refractivity contribution is 5.93. The summed E-state index contributed by atoms with van der Waals surface area (Å²) in [6, 6.07) is 12.7. The van der Waals surface area contributed by atoms with Crippen LogP contribution in [0.4, 0.5) is 18.9 Å². The van der Waals surface area contributed by atoms with Crippen LogP contribution in [-0.2, 0) is 17.5 Å². The van der Waals surface area contributed by atoms with Crippen LogP contribution in [0.25, 0.3) is 0 Å². The van der Waals surface area contributed by atoms with Crippen molar-refractivity contribution in [3.63, 3.8) is 0 Å². The highest BCUT2D eigenvalue weighted by Gasteiger charge is 2.36. The van der Waals surface area contributed by atoms with E-state index in [0.29, 0.717) is 11.4 Å². The van der Waals surface area contributed by atoms with Crippen molar-refractivity contribution in [1.29, 1.82) is 0 Å². The molecule has 0 unspecified atom stereocenters. The maximum Gasteiger partial charge on any atom is 0.416 e. The van der Waals surface area contributed by atoms with Crippen LogP contribution < -0.4 is 10.1 Å². The number of alkyl halides is 3. The minimum Gasteiger partial charge on any atom is -0.495 e. The first kappa shape index (κ1) is 19.2. The number of hydrogen-bond donors (Lipinski definition) is 1. The van der Waals surface area contributed by atoms with Gasteiger partial charge in [0.1, 0.15) is 5.75 Å². The van der Waals surface area contributed by atoms with Crippen LogP contribution in [-0.4, -0.2) is 30.5 Å². The molecule has 0 radical (unpaired) electrons. The Morgan fingerprint density at radius 2 is 1.81 bits per heavy atom. The van der Waals surface area contributed by atoms with Gasteiger partial charge >= 0.3 is 6.18 Å². The molecule has 7 heteroatoms. The molecule has 0 saturated heterocycles. The number of carbonyl (C=O) groups excluding carboxylic acids is 1. The number of ether oxygens (including phenoxy) is 1. The average molecular weight is 378 g/mol. The number of nitrogens with one attached hydrogen (secondary N) is 1. The lowest BCUT2D eigenvalue weighted by molar-refractivity contribution is -0.138. The van der Waals surface area contributed by atoms with Gasteiger partial charge in [-0.1, -0.05) is 30.3 Å². The first-order valence-corrected chi connectivity index (χ1v) is 8.70. The van der Waals surface area contributed by atoms with E-state index < -0.39 is 11.7 Å². The highest BCUT2D eigenvalue weighted by atomic mass is 19.4. The number of anilines is 1. The number of carbonyl (C=O) groups is 1. The van der Waals surface area contributed by atoms with E-state index in [1.807, 2.05) is 0 Å². The van der Waals surface area contributed by atoms with Crippen LogP contribution in [0.1, 0.15) is 24.0 Å². The molecular formula is C20H21F3N2O2. The normalized spacial score (nSPS) is 14.3. The molecule has 27 heavy (non-hydrogen) atoms. The lowest BCUT2D eigenvalue weighted by Crippen LogP contribution is -2.35. The fourth-order valence-electron chi connectivity index (χ4n) is 3.03. The van der Waals surface area contributed by atoms with Gasteiger partial charge in [0.05, 0.1) is 24.9 Å². The number of benzene rings is 2. The van der Waals surface area contributed by atoms with Crippen molar-refractivity contribution in [2.45, 2.75) is 31.6 Å². The third-order valence-electron chi connectivity index (χ3n) is 4.49. The third-order valence-corrected chi connectivity index (χ3v) is 4.49. The predicted molar refractivity (Wildman–Crippen MR) is 96.5 cm³/mol. The fraction of sp³-hybridized carbons (Fsp3) is 0.350. The zero-order valence-electron chi connectivity index (χ0n) is 14.9. The molecule has 4 nitrogen and oxygen atoms in total. The molecule has 1 aliphatic carbocycles. The summed E-state index contributed by atoms with van der Waals surface area (Å²) < 4.78 is 44.9. The van der Waals surface area contributed by atoms with Gasteiger partial charge < -0.3 is 10.1 Å². The molecule has 1 N–H and O–H groups in total. The Balaban J connectivity index is 1.71. The van der Waals surface area contributed by atoms with Gasteiger partial charge in [-0.05, 0) is 36.6 Å². The molecule has 0 aromatic heterocycles. The Morgan fingerprint density at radius 3 is 2.48 bits per heavy atom. The first-order chi connectivity index (χ1) is 12.9. The Morgan fingerprint density at radius 1 is 1.15 bits per heavy atom. The highest BCUT2D eigenvalue weighted by Crippen LogP contribution is 2.34. The van der Waals surface area contributed by atoms with Crippen LogP contribution in [0.15, 0.2) is 48.5 Å². The molecule has 0 atom stereocenters. The number of methoxy groups -OCH3 is 1. The topological polar surface area (TPSA) is 41.6 Å². The second-order valence-corrected chi connectivity index (χ2v) is 6.54. The molecular weight excluding hydrogens is 357 g/mol. The van der Waals surface area contributed by atoms with E-state index in [0.717, 1.165) is 18.9 Å². The number of nitrogens with zero attached hydrogens (tertiary/aromatic N) is 1. The van der Waals surface area contributed by atoms with E-state index in [1.54, 1.807) is 35.2 Å². The van der Waals surface area contributed by atoms with Crippen LogP contribution >= 0.6 is 0 Å². The van der Waals surface area contributed by atoms with Crippen molar-refractivity contribution in [2.24, 2.45) is 0 Å². The van der Waals surface area contributed by atoms with E-state index >= 15 is 0 Å². The molecule has 144 valence electrons. The van der Waals surface area contributed by atoms with Crippen molar-refractivity contribution < 1.29 is 22.7 Å². The van der Waals surface area contributed by atoms with Gasteiger partial charge in [0.25, 0.3) is 0 Å². The summed E-state index contributed by atoms with van der Waals surface area (Å²) in [4.78, 5) is 14.3. The van der Waals surface area contributed by atoms with Crippen LogP contribution in [0.5, 0.6) is 5.75 Å². The van der Waals surface area contributed by atoms with Crippen LogP contribution in [0, 0.1) is 0 Å². The number of para-hydroxylation sites is 2. The molecule has 1 saturated carbocycles. The molecule has 0 aliphatic heterocycles. The quantitative estimate of drug-likeness (QED) is 0.780. The molecule has 2 aromatic rings. The van der Waals surface area contributed by atoms with Crippen molar-refractivity contribution >= 4 is 11.6 Å². The van der Waals surface area contributed by atoms with Gasteiger partial charge in [0.15, 0.2) is 0 Å². The summed E-state index contributed by atoms with van der Waals surface area (Å²) in [5.74, 6) is 0.252. The lowest BCUT2D eigenvalue weighted by Gasteiger charge is -2.23. The Kier molecular flexibility index (Phi) is 5.70. The molecule has 3 rings (SSSR count). The number of rotatable bonds is 7.